The Morgan fingerprint density at radius 1 is 1.35 bits per heavy atom. The molecule has 0 aliphatic carbocycles. The van der Waals surface area contributed by atoms with Crippen LogP contribution >= 0.6 is 11.3 Å². The highest BCUT2D eigenvalue weighted by Crippen LogP contribution is 2.30. The third-order valence-corrected chi connectivity index (χ3v) is 7.63. The smallest absolute Gasteiger partial charge is 0.244 e. The standard InChI is InChI=1S/C18H25N3O3S2/c1-4-9-26(23,24)21-8-6-5-7-14(21)17(22)20-18-19-16-13(3)10-12(2)11-15(16)25-18/h10-11,14H,4-9H2,1-3H3,(H,19,20,22). The van der Waals surface area contributed by atoms with Gasteiger partial charge in [0.05, 0.1) is 16.0 Å². The number of benzene rings is 1. The number of amides is 1. The van der Waals surface area contributed by atoms with Gasteiger partial charge in [-0.25, -0.2) is 13.4 Å². The molecule has 0 spiro atoms. The number of carbonyl (C=O) groups excluding carboxylic acids is 1. The highest BCUT2D eigenvalue weighted by Gasteiger charge is 2.36. The number of anilines is 1. The van der Waals surface area contributed by atoms with Gasteiger partial charge in [0.25, 0.3) is 0 Å². The number of aromatic nitrogens is 1. The van der Waals surface area contributed by atoms with Gasteiger partial charge in [0.15, 0.2) is 5.13 Å². The molecule has 1 aromatic carbocycles. The van der Waals surface area contributed by atoms with Crippen LogP contribution in [0.3, 0.4) is 0 Å². The molecule has 6 nitrogen and oxygen atoms in total. The largest absolute Gasteiger partial charge is 0.301 e. The molecule has 1 saturated heterocycles. The molecule has 1 amide bonds. The predicted octanol–water partition coefficient (Wildman–Crippen LogP) is 3.45. The van der Waals surface area contributed by atoms with Gasteiger partial charge < -0.3 is 5.32 Å². The van der Waals surface area contributed by atoms with Crippen LogP contribution in [0.1, 0.15) is 43.7 Å². The fourth-order valence-corrected chi connectivity index (χ4v) is 6.28. The van der Waals surface area contributed by atoms with E-state index in [4.69, 9.17) is 0 Å². The van der Waals surface area contributed by atoms with Crippen molar-refractivity contribution in [1.29, 1.82) is 0 Å². The maximum Gasteiger partial charge on any atom is 0.244 e. The molecule has 1 N–H and O–H groups in total. The molecule has 1 unspecified atom stereocenters. The van der Waals surface area contributed by atoms with Gasteiger partial charge in [-0.05, 0) is 50.3 Å². The van der Waals surface area contributed by atoms with E-state index in [1.165, 1.54) is 15.6 Å². The second kappa shape index (κ2) is 7.62. The van der Waals surface area contributed by atoms with Crippen LogP contribution in [-0.2, 0) is 14.8 Å². The van der Waals surface area contributed by atoms with Crippen LogP contribution in [0.2, 0.25) is 0 Å². The van der Waals surface area contributed by atoms with Crippen molar-refractivity contribution in [2.24, 2.45) is 0 Å². The predicted molar refractivity (Wildman–Crippen MR) is 106 cm³/mol. The first kappa shape index (κ1) is 19.3. The number of aryl methyl sites for hydroxylation is 2. The van der Waals surface area contributed by atoms with Gasteiger partial charge in [0.2, 0.25) is 15.9 Å². The fourth-order valence-electron chi connectivity index (χ4n) is 3.49. The van der Waals surface area contributed by atoms with Crippen molar-refractivity contribution in [2.75, 3.05) is 17.6 Å². The lowest BCUT2D eigenvalue weighted by atomic mass is 10.0. The number of rotatable bonds is 5. The summed E-state index contributed by atoms with van der Waals surface area (Å²) < 4.78 is 27.4. The maximum atomic E-state index is 12.8. The van der Waals surface area contributed by atoms with Crippen LogP contribution in [0, 0.1) is 13.8 Å². The molecule has 1 atom stereocenters. The number of nitrogens with one attached hydrogen (secondary N) is 1. The molecular weight excluding hydrogens is 370 g/mol. The first-order valence-electron chi connectivity index (χ1n) is 9.00. The van der Waals surface area contributed by atoms with Gasteiger partial charge in [-0.15, -0.1) is 0 Å². The summed E-state index contributed by atoms with van der Waals surface area (Å²) in [5.41, 5.74) is 3.11. The SMILES string of the molecule is CCCS(=O)(=O)N1CCCCC1C(=O)Nc1nc2c(C)cc(C)cc2s1. The summed E-state index contributed by atoms with van der Waals surface area (Å²) in [5, 5.41) is 3.38. The summed E-state index contributed by atoms with van der Waals surface area (Å²) in [4.78, 5) is 17.3. The van der Waals surface area contributed by atoms with Crippen molar-refractivity contribution < 1.29 is 13.2 Å². The Morgan fingerprint density at radius 3 is 2.85 bits per heavy atom. The zero-order chi connectivity index (χ0) is 18.9. The van der Waals surface area contributed by atoms with Crippen molar-refractivity contribution >= 4 is 42.6 Å². The molecule has 1 aliphatic heterocycles. The van der Waals surface area contributed by atoms with Crippen LogP contribution in [0.5, 0.6) is 0 Å². The molecule has 3 rings (SSSR count). The van der Waals surface area contributed by atoms with Crippen LogP contribution in [-0.4, -0.2) is 42.0 Å². The van der Waals surface area contributed by atoms with E-state index in [1.54, 1.807) is 0 Å². The maximum absolute atomic E-state index is 12.8. The molecule has 2 heterocycles. The van der Waals surface area contributed by atoms with E-state index >= 15 is 0 Å². The summed E-state index contributed by atoms with van der Waals surface area (Å²) in [6, 6.07) is 3.47. The van der Waals surface area contributed by atoms with E-state index in [0.29, 0.717) is 24.5 Å². The quantitative estimate of drug-likeness (QED) is 0.841. The highest BCUT2D eigenvalue weighted by molar-refractivity contribution is 7.89. The number of piperidine rings is 1. The zero-order valence-corrected chi connectivity index (χ0v) is 17.0. The number of hydrogen-bond acceptors (Lipinski definition) is 5. The summed E-state index contributed by atoms with van der Waals surface area (Å²) in [6.07, 6.45) is 2.75. The minimum atomic E-state index is -3.40. The number of thiazole rings is 1. The summed E-state index contributed by atoms with van der Waals surface area (Å²) in [7, 11) is -3.40. The minimum absolute atomic E-state index is 0.0798. The molecule has 1 fully saturated rings. The van der Waals surface area contributed by atoms with E-state index in [0.717, 1.165) is 34.2 Å². The summed E-state index contributed by atoms with van der Waals surface area (Å²) >= 11 is 1.43. The topological polar surface area (TPSA) is 79.4 Å². The average Bonchev–Trinajstić information content (AvgIpc) is 2.97. The number of fused-ring (bicyclic) bond motifs is 1. The molecule has 26 heavy (non-hydrogen) atoms. The normalized spacial score (nSPS) is 19.0. The van der Waals surface area contributed by atoms with Crippen LogP contribution in [0.15, 0.2) is 12.1 Å². The van der Waals surface area contributed by atoms with Crippen LogP contribution in [0.25, 0.3) is 10.2 Å². The number of sulfonamides is 1. The fraction of sp³-hybridized carbons (Fsp3) is 0.556. The molecular formula is C18H25N3O3S2. The van der Waals surface area contributed by atoms with E-state index in [2.05, 4.69) is 16.4 Å². The number of nitrogens with zero attached hydrogens (tertiary/aromatic N) is 2. The summed E-state index contributed by atoms with van der Waals surface area (Å²) in [5.74, 6) is -0.200. The Morgan fingerprint density at radius 2 is 2.12 bits per heavy atom. The molecule has 1 aliphatic rings. The van der Waals surface area contributed by atoms with Gasteiger partial charge in [0.1, 0.15) is 6.04 Å². The minimum Gasteiger partial charge on any atom is -0.301 e. The van der Waals surface area contributed by atoms with Gasteiger partial charge in [-0.1, -0.05) is 30.7 Å². The first-order valence-corrected chi connectivity index (χ1v) is 11.4. The second-order valence-electron chi connectivity index (χ2n) is 6.88. The first-order chi connectivity index (χ1) is 12.3. The molecule has 0 saturated carbocycles. The zero-order valence-electron chi connectivity index (χ0n) is 15.4. The monoisotopic (exact) mass is 395 g/mol. The molecule has 1 aromatic heterocycles. The van der Waals surface area contributed by atoms with Gasteiger partial charge in [-0.2, -0.15) is 4.31 Å². The summed E-state index contributed by atoms with van der Waals surface area (Å²) in [6.45, 7) is 6.28. The third-order valence-electron chi connectivity index (χ3n) is 4.64. The molecule has 0 radical (unpaired) electrons. The lowest BCUT2D eigenvalue weighted by molar-refractivity contribution is -0.120. The van der Waals surface area contributed by atoms with E-state index < -0.39 is 16.1 Å². The Bertz CT molecular complexity index is 921. The Kier molecular flexibility index (Phi) is 5.64. The van der Waals surface area contributed by atoms with Crippen molar-refractivity contribution in [3.63, 3.8) is 0 Å². The highest BCUT2D eigenvalue weighted by atomic mass is 32.2. The van der Waals surface area contributed by atoms with Crippen LogP contribution in [0.4, 0.5) is 5.13 Å². The molecule has 0 bridgehead atoms. The van der Waals surface area contributed by atoms with Gasteiger partial charge in [-0.3, -0.25) is 4.79 Å². The number of carbonyl (C=O) groups is 1. The lowest BCUT2D eigenvalue weighted by Gasteiger charge is -2.33. The Balaban J connectivity index is 1.83. The Labute approximate surface area is 158 Å². The third kappa shape index (κ3) is 3.92. The van der Waals surface area contributed by atoms with Crippen LogP contribution < -0.4 is 5.32 Å². The van der Waals surface area contributed by atoms with Crippen molar-refractivity contribution in [1.82, 2.24) is 9.29 Å². The Hall–Kier alpha value is -1.51. The molecule has 2 aromatic rings. The average molecular weight is 396 g/mol. The molecule has 8 heteroatoms. The van der Waals surface area contributed by atoms with E-state index in [9.17, 15) is 13.2 Å². The second-order valence-corrected chi connectivity index (χ2v) is 9.95. The van der Waals surface area contributed by atoms with Gasteiger partial charge in [0, 0.05) is 6.54 Å². The molecule has 142 valence electrons. The lowest BCUT2D eigenvalue weighted by Crippen LogP contribution is -2.50. The number of hydrogen-bond donors (Lipinski definition) is 1. The van der Waals surface area contributed by atoms with Crippen molar-refractivity contribution in [2.45, 2.75) is 52.5 Å². The van der Waals surface area contributed by atoms with Gasteiger partial charge >= 0.3 is 0 Å². The van der Waals surface area contributed by atoms with E-state index in [-0.39, 0.29) is 11.7 Å². The van der Waals surface area contributed by atoms with E-state index in [1.807, 2.05) is 26.8 Å². The van der Waals surface area contributed by atoms with Crippen molar-refractivity contribution in [3.05, 3.63) is 23.3 Å². The van der Waals surface area contributed by atoms with Crippen molar-refractivity contribution in [3.8, 4) is 0 Å².